The van der Waals surface area contributed by atoms with Crippen molar-refractivity contribution in [3.05, 3.63) is 22.8 Å². The fraction of sp³-hybridized carbons (Fsp3) is 0.455. The van der Waals surface area contributed by atoms with Crippen molar-refractivity contribution in [2.24, 2.45) is 0 Å². The van der Waals surface area contributed by atoms with Gasteiger partial charge in [0.25, 0.3) is 5.91 Å². The predicted octanol–water partition coefficient (Wildman–Crippen LogP) is 1.23. The van der Waals surface area contributed by atoms with Gasteiger partial charge in [-0.05, 0) is 13.0 Å². The summed E-state index contributed by atoms with van der Waals surface area (Å²) in [6.07, 6.45) is 0.891. The summed E-state index contributed by atoms with van der Waals surface area (Å²) < 4.78 is 0. The summed E-state index contributed by atoms with van der Waals surface area (Å²) in [5.74, 6) is 0.310. The minimum atomic E-state index is -0.566. The zero-order chi connectivity index (χ0) is 13.0. The zero-order valence-electron chi connectivity index (χ0n) is 10.1. The second-order valence-electron chi connectivity index (χ2n) is 3.84. The van der Waals surface area contributed by atoms with Crippen LogP contribution in [0, 0.1) is 0 Å². The van der Waals surface area contributed by atoms with E-state index in [0.717, 1.165) is 0 Å². The molecule has 0 aromatic carbocycles. The molecule has 1 amide bonds. The third kappa shape index (κ3) is 3.57. The molecule has 1 rings (SSSR count). The van der Waals surface area contributed by atoms with Crippen LogP contribution in [0.2, 0.25) is 5.02 Å². The molecule has 1 aromatic rings. The number of aromatic nitrogens is 1. The molecule has 2 N–H and O–H groups in total. The number of pyridine rings is 1. The van der Waals surface area contributed by atoms with Crippen molar-refractivity contribution in [3.8, 4) is 0 Å². The maximum Gasteiger partial charge on any atom is 0.255 e. The number of aliphatic hydroxyl groups excluding tert-OH is 1. The summed E-state index contributed by atoms with van der Waals surface area (Å²) >= 11 is 5.94. The number of hydrogen-bond acceptors (Lipinski definition) is 4. The minimum Gasteiger partial charge on any atom is -0.392 e. The number of likely N-dealkylation sites (N-methyl/N-ethyl adjacent to an activating group) is 1. The predicted molar refractivity (Wildman–Crippen MR) is 67.4 cm³/mol. The molecule has 6 heteroatoms. The molecule has 94 valence electrons. The summed E-state index contributed by atoms with van der Waals surface area (Å²) in [6.45, 7) is 1.89. The first kappa shape index (κ1) is 13.7. The SMILES string of the molecule is CNc1ncc(C(=O)N(C)CC(C)O)cc1Cl. The monoisotopic (exact) mass is 257 g/mol. The Morgan fingerprint density at radius 3 is 2.82 bits per heavy atom. The van der Waals surface area contributed by atoms with Gasteiger partial charge in [-0.2, -0.15) is 0 Å². The molecule has 5 nitrogen and oxygen atoms in total. The number of carbonyl (C=O) groups excluding carboxylic acids is 1. The van der Waals surface area contributed by atoms with Crippen LogP contribution in [0.5, 0.6) is 0 Å². The highest BCUT2D eigenvalue weighted by Crippen LogP contribution is 2.20. The number of nitrogens with zero attached hydrogens (tertiary/aromatic N) is 2. The number of nitrogens with one attached hydrogen (secondary N) is 1. The molecule has 0 saturated heterocycles. The number of hydrogen-bond donors (Lipinski definition) is 2. The van der Waals surface area contributed by atoms with Crippen molar-refractivity contribution in [3.63, 3.8) is 0 Å². The summed E-state index contributed by atoms with van der Waals surface area (Å²) in [4.78, 5) is 17.4. The van der Waals surface area contributed by atoms with E-state index in [-0.39, 0.29) is 12.5 Å². The van der Waals surface area contributed by atoms with Crippen molar-refractivity contribution in [2.45, 2.75) is 13.0 Å². The Morgan fingerprint density at radius 2 is 2.35 bits per heavy atom. The van der Waals surface area contributed by atoms with Crippen molar-refractivity contribution in [2.75, 3.05) is 26.0 Å². The maximum atomic E-state index is 11.9. The number of anilines is 1. The Bertz CT molecular complexity index is 410. The van der Waals surface area contributed by atoms with Gasteiger partial charge in [-0.3, -0.25) is 4.79 Å². The molecule has 1 aromatic heterocycles. The highest BCUT2D eigenvalue weighted by atomic mass is 35.5. The zero-order valence-corrected chi connectivity index (χ0v) is 10.8. The normalized spacial score (nSPS) is 12.1. The molecular weight excluding hydrogens is 242 g/mol. The van der Waals surface area contributed by atoms with Gasteiger partial charge in [0, 0.05) is 26.8 Å². The maximum absolute atomic E-state index is 11.9. The molecule has 0 saturated carbocycles. The third-order valence-corrected chi connectivity index (χ3v) is 2.50. The van der Waals surface area contributed by atoms with Crippen LogP contribution >= 0.6 is 11.6 Å². The molecule has 17 heavy (non-hydrogen) atoms. The van der Waals surface area contributed by atoms with Crippen molar-refractivity contribution < 1.29 is 9.90 Å². The van der Waals surface area contributed by atoms with Gasteiger partial charge in [-0.15, -0.1) is 0 Å². The summed E-state index contributed by atoms with van der Waals surface area (Å²) in [6, 6.07) is 1.56. The van der Waals surface area contributed by atoms with Gasteiger partial charge in [0.2, 0.25) is 0 Å². The fourth-order valence-corrected chi connectivity index (χ4v) is 1.70. The van der Waals surface area contributed by atoms with E-state index < -0.39 is 6.10 Å². The molecule has 0 aliphatic rings. The molecule has 1 atom stereocenters. The lowest BCUT2D eigenvalue weighted by molar-refractivity contribution is 0.0703. The van der Waals surface area contributed by atoms with Gasteiger partial charge in [0.05, 0.1) is 16.7 Å². The van der Waals surface area contributed by atoms with Crippen LogP contribution in [0.1, 0.15) is 17.3 Å². The van der Waals surface area contributed by atoms with Crippen LogP contribution in [0.25, 0.3) is 0 Å². The van der Waals surface area contributed by atoms with Gasteiger partial charge >= 0.3 is 0 Å². The van der Waals surface area contributed by atoms with E-state index in [0.29, 0.717) is 16.4 Å². The Hall–Kier alpha value is -1.33. The molecule has 0 fully saturated rings. The van der Waals surface area contributed by atoms with Gasteiger partial charge in [0.15, 0.2) is 0 Å². The fourth-order valence-electron chi connectivity index (χ4n) is 1.44. The number of rotatable bonds is 4. The lowest BCUT2D eigenvalue weighted by Gasteiger charge is -2.18. The van der Waals surface area contributed by atoms with E-state index in [1.807, 2.05) is 0 Å². The second kappa shape index (κ2) is 5.84. The van der Waals surface area contributed by atoms with Gasteiger partial charge < -0.3 is 15.3 Å². The van der Waals surface area contributed by atoms with Crippen LogP contribution in [0.4, 0.5) is 5.82 Å². The van der Waals surface area contributed by atoms with E-state index >= 15 is 0 Å². The quantitative estimate of drug-likeness (QED) is 0.852. The molecule has 1 unspecified atom stereocenters. The summed E-state index contributed by atoms with van der Waals surface area (Å²) in [5, 5.41) is 12.4. The lowest BCUT2D eigenvalue weighted by Crippen LogP contribution is -2.33. The van der Waals surface area contributed by atoms with Crippen molar-refractivity contribution in [1.82, 2.24) is 9.88 Å². The van der Waals surface area contributed by atoms with Crippen LogP contribution in [-0.2, 0) is 0 Å². The van der Waals surface area contributed by atoms with Gasteiger partial charge in [0.1, 0.15) is 5.82 Å². The minimum absolute atomic E-state index is 0.219. The van der Waals surface area contributed by atoms with E-state index in [1.165, 1.54) is 11.1 Å². The molecule has 0 aliphatic carbocycles. The van der Waals surface area contributed by atoms with Crippen LogP contribution in [0.15, 0.2) is 12.3 Å². The third-order valence-electron chi connectivity index (χ3n) is 2.21. The first-order chi connectivity index (χ1) is 7.95. The topological polar surface area (TPSA) is 65.5 Å². The number of halogens is 1. The first-order valence-corrected chi connectivity index (χ1v) is 5.60. The van der Waals surface area contributed by atoms with Crippen molar-refractivity contribution >= 4 is 23.3 Å². The van der Waals surface area contributed by atoms with Gasteiger partial charge in [-0.1, -0.05) is 11.6 Å². The van der Waals surface area contributed by atoms with Crippen LogP contribution in [-0.4, -0.2) is 47.6 Å². The Morgan fingerprint density at radius 1 is 1.71 bits per heavy atom. The Balaban J connectivity index is 2.86. The Labute approximate surface area is 105 Å². The Kier molecular flexibility index (Phi) is 4.72. The molecule has 1 heterocycles. The standard InChI is InChI=1S/C11H16ClN3O2/c1-7(16)6-15(3)11(17)8-4-9(12)10(13-2)14-5-8/h4-5,7,16H,6H2,1-3H3,(H,13,14). The van der Waals surface area contributed by atoms with E-state index in [9.17, 15) is 9.90 Å². The molecular formula is C11H16ClN3O2. The molecule has 0 aliphatic heterocycles. The number of aliphatic hydroxyl groups is 1. The highest BCUT2D eigenvalue weighted by Gasteiger charge is 2.15. The molecule has 0 spiro atoms. The van der Waals surface area contributed by atoms with Gasteiger partial charge in [-0.25, -0.2) is 4.98 Å². The highest BCUT2D eigenvalue weighted by molar-refractivity contribution is 6.33. The van der Waals surface area contributed by atoms with E-state index in [2.05, 4.69) is 10.3 Å². The number of amides is 1. The average Bonchev–Trinajstić information content (AvgIpc) is 2.27. The van der Waals surface area contributed by atoms with Crippen LogP contribution < -0.4 is 5.32 Å². The van der Waals surface area contributed by atoms with Crippen molar-refractivity contribution in [1.29, 1.82) is 0 Å². The second-order valence-corrected chi connectivity index (χ2v) is 4.25. The lowest BCUT2D eigenvalue weighted by atomic mass is 10.2. The largest absolute Gasteiger partial charge is 0.392 e. The van der Waals surface area contributed by atoms with Crippen LogP contribution in [0.3, 0.4) is 0 Å². The summed E-state index contributed by atoms with van der Waals surface area (Å²) in [7, 11) is 3.32. The summed E-state index contributed by atoms with van der Waals surface area (Å²) in [5.41, 5.74) is 0.400. The van der Waals surface area contributed by atoms with E-state index in [4.69, 9.17) is 11.6 Å². The van der Waals surface area contributed by atoms with E-state index in [1.54, 1.807) is 27.1 Å². The average molecular weight is 258 g/mol. The first-order valence-electron chi connectivity index (χ1n) is 5.22. The smallest absolute Gasteiger partial charge is 0.255 e. The molecule has 0 radical (unpaired) electrons. The molecule has 0 bridgehead atoms. The number of carbonyl (C=O) groups is 1.